The van der Waals surface area contributed by atoms with E-state index in [0.29, 0.717) is 0 Å². The highest BCUT2D eigenvalue weighted by Gasteiger charge is 2.49. The molecule has 130 valence electrons. The highest BCUT2D eigenvalue weighted by Crippen LogP contribution is 2.42. The summed E-state index contributed by atoms with van der Waals surface area (Å²) in [6.45, 7) is 2.61. The van der Waals surface area contributed by atoms with E-state index in [1.807, 2.05) is 0 Å². The predicted octanol–water partition coefficient (Wildman–Crippen LogP) is 4.89. The monoisotopic (exact) mass is 342 g/mol. The maximum atomic E-state index is 12.9. The van der Waals surface area contributed by atoms with Gasteiger partial charge in [0.05, 0.1) is 17.3 Å². The van der Waals surface area contributed by atoms with E-state index in [1.165, 1.54) is 0 Å². The molecule has 0 saturated carbocycles. The van der Waals surface area contributed by atoms with Crippen molar-refractivity contribution in [2.45, 2.75) is 44.5 Å². The molecule has 0 amide bonds. The van der Waals surface area contributed by atoms with E-state index in [4.69, 9.17) is 5.11 Å². The molecule has 2 nitrogen and oxygen atoms in total. The molecule has 0 bridgehead atoms. The lowest BCUT2D eigenvalue weighted by molar-refractivity contribution is -0.183. The average molecular weight is 342 g/mol. The molecule has 8 heteroatoms. The molecule has 2 atom stereocenters. The molecular weight excluding hydrogens is 326 g/mol. The third-order valence-electron chi connectivity index (χ3n) is 3.98. The first-order chi connectivity index (χ1) is 10.2. The van der Waals surface area contributed by atoms with Crippen LogP contribution in [-0.4, -0.2) is 23.4 Å². The van der Waals surface area contributed by atoms with Crippen molar-refractivity contribution >= 4 is 5.97 Å². The fraction of sp³-hybridized carbons (Fsp3) is 0.533. The van der Waals surface area contributed by atoms with Crippen molar-refractivity contribution in [3.05, 3.63) is 35.4 Å². The Kier molecular flexibility index (Phi) is 5.08. The summed E-state index contributed by atoms with van der Waals surface area (Å²) in [4.78, 5) is 11.1. The van der Waals surface area contributed by atoms with Crippen molar-refractivity contribution in [1.82, 2.24) is 0 Å². The maximum absolute atomic E-state index is 12.9. The molecule has 0 heterocycles. The number of benzene rings is 1. The molecule has 1 aromatic carbocycles. The van der Waals surface area contributed by atoms with Gasteiger partial charge in [-0.15, -0.1) is 0 Å². The Labute approximate surface area is 129 Å². The topological polar surface area (TPSA) is 37.3 Å². The second kappa shape index (κ2) is 6.05. The Morgan fingerprint density at radius 2 is 1.43 bits per heavy atom. The van der Waals surface area contributed by atoms with Gasteiger partial charge < -0.3 is 5.11 Å². The van der Waals surface area contributed by atoms with Crippen molar-refractivity contribution in [1.29, 1.82) is 0 Å². The number of carboxylic acids is 1. The third kappa shape index (κ3) is 3.97. The Morgan fingerprint density at radius 3 is 1.74 bits per heavy atom. The molecule has 0 aliphatic rings. The van der Waals surface area contributed by atoms with Gasteiger partial charge in [-0.05, 0) is 25.0 Å². The zero-order valence-electron chi connectivity index (χ0n) is 12.6. The lowest BCUT2D eigenvalue weighted by atomic mass is 9.81. The molecule has 0 aromatic heterocycles. The Morgan fingerprint density at radius 1 is 1.00 bits per heavy atom. The normalized spacial score (nSPS) is 16.0. The number of hydrogen-bond donors (Lipinski definition) is 1. The van der Waals surface area contributed by atoms with E-state index in [0.717, 1.165) is 45.0 Å². The second-order valence-corrected chi connectivity index (χ2v) is 5.89. The number of halogens is 6. The quantitative estimate of drug-likeness (QED) is 0.791. The Hall–Kier alpha value is -1.73. The number of rotatable bonds is 4. The summed E-state index contributed by atoms with van der Waals surface area (Å²) < 4.78 is 77.1. The minimum atomic E-state index is -4.73. The Bertz CT molecular complexity index is 557. The van der Waals surface area contributed by atoms with Crippen LogP contribution in [-0.2, 0) is 10.2 Å². The molecule has 2 unspecified atom stereocenters. The molecule has 0 radical (unpaired) electrons. The van der Waals surface area contributed by atoms with Gasteiger partial charge in [0.1, 0.15) is 0 Å². The Balaban J connectivity index is 3.23. The number of aliphatic carboxylic acids is 1. The molecule has 1 aromatic rings. The van der Waals surface area contributed by atoms with Crippen LogP contribution in [0.5, 0.6) is 0 Å². The first kappa shape index (κ1) is 19.3. The van der Waals surface area contributed by atoms with Gasteiger partial charge in [0.25, 0.3) is 0 Å². The van der Waals surface area contributed by atoms with Crippen molar-refractivity contribution in [2.24, 2.45) is 5.92 Å². The van der Waals surface area contributed by atoms with Crippen molar-refractivity contribution < 1.29 is 36.2 Å². The minimum absolute atomic E-state index is 0.155. The van der Waals surface area contributed by atoms with Crippen LogP contribution < -0.4 is 0 Å². The average Bonchev–Trinajstić information content (AvgIpc) is 2.36. The van der Waals surface area contributed by atoms with Gasteiger partial charge in [-0.1, -0.05) is 31.2 Å². The van der Waals surface area contributed by atoms with Crippen LogP contribution >= 0.6 is 0 Å². The fourth-order valence-corrected chi connectivity index (χ4v) is 2.10. The highest BCUT2D eigenvalue weighted by molar-refractivity contribution is 5.76. The van der Waals surface area contributed by atoms with E-state index in [9.17, 15) is 31.1 Å². The summed E-state index contributed by atoms with van der Waals surface area (Å²) in [6.07, 6.45) is -9.27. The maximum Gasteiger partial charge on any atom is 0.397 e. The molecule has 0 spiro atoms. The van der Waals surface area contributed by atoms with Crippen molar-refractivity contribution in [3.63, 3.8) is 0 Å². The fourth-order valence-electron chi connectivity index (χ4n) is 2.10. The summed E-state index contributed by atoms with van der Waals surface area (Å²) in [5.41, 5.74) is -2.54. The van der Waals surface area contributed by atoms with Crippen LogP contribution in [0.1, 0.15) is 37.8 Å². The lowest BCUT2D eigenvalue weighted by Gasteiger charge is -2.29. The van der Waals surface area contributed by atoms with E-state index in [1.54, 1.807) is 0 Å². The van der Waals surface area contributed by atoms with E-state index < -0.39 is 35.6 Å². The summed E-state index contributed by atoms with van der Waals surface area (Å²) >= 11 is 0. The SMILES string of the molecule is CC(C(C(=O)O)c1ccc(C(C)(C)C(F)(F)F)cc1)C(F)(F)F. The summed E-state index contributed by atoms with van der Waals surface area (Å²) in [5, 5.41) is 9.04. The van der Waals surface area contributed by atoms with Crippen LogP contribution in [0.2, 0.25) is 0 Å². The first-order valence-corrected chi connectivity index (χ1v) is 6.66. The number of carboxylic acid groups (broad SMARTS) is 1. The second-order valence-electron chi connectivity index (χ2n) is 5.89. The van der Waals surface area contributed by atoms with Crippen LogP contribution in [0.3, 0.4) is 0 Å². The van der Waals surface area contributed by atoms with Gasteiger partial charge in [-0.25, -0.2) is 0 Å². The number of alkyl halides is 6. The van der Waals surface area contributed by atoms with Crippen LogP contribution in [0.25, 0.3) is 0 Å². The van der Waals surface area contributed by atoms with Crippen LogP contribution in [0, 0.1) is 5.92 Å². The van der Waals surface area contributed by atoms with Gasteiger partial charge in [-0.2, -0.15) is 26.3 Å². The minimum Gasteiger partial charge on any atom is -0.481 e. The summed E-state index contributed by atoms with van der Waals surface area (Å²) in [7, 11) is 0. The number of hydrogen-bond acceptors (Lipinski definition) is 1. The zero-order chi connectivity index (χ0) is 18.2. The zero-order valence-corrected chi connectivity index (χ0v) is 12.6. The number of carbonyl (C=O) groups is 1. The molecule has 1 rings (SSSR count). The molecule has 0 fully saturated rings. The summed E-state index contributed by atoms with van der Waals surface area (Å²) in [6, 6.07) is 4.04. The van der Waals surface area contributed by atoms with Gasteiger partial charge in [-0.3, -0.25) is 4.79 Å². The highest BCUT2D eigenvalue weighted by atomic mass is 19.4. The van der Waals surface area contributed by atoms with E-state index in [2.05, 4.69) is 0 Å². The van der Waals surface area contributed by atoms with Crippen LogP contribution in [0.15, 0.2) is 24.3 Å². The molecular formula is C15H16F6O2. The standard InChI is InChI=1S/C15H16F6O2/c1-8(14(16,17)18)11(12(22)23)9-4-6-10(7-5-9)13(2,3)15(19,20)21/h4-8,11H,1-3H3,(H,22,23). The van der Waals surface area contributed by atoms with Crippen molar-refractivity contribution in [2.75, 3.05) is 0 Å². The molecule has 0 saturated heterocycles. The van der Waals surface area contributed by atoms with Gasteiger partial charge >= 0.3 is 18.3 Å². The van der Waals surface area contributed by atoms with Crippen molar-refractivity contribution in [3.8, 4) is 0 Å². The predicted molar refractivity (Wildman–Crippen MR) is 71.1 cm³/mol. The van der Waals surface area contributed by atoms with Gasteiger partial charge in [0.2, 0.25) is 0 Å². The molecule has 0 aliphatic carbocycles. The largest absolute Gasteiger partial charge is 0.481 e. The smallest absolute Gasteiger partial charge is 0.397 e. The third-order valence-corrected chi connectivity index (χ3v) is 3.98. The van der Waals surface area contributed by atoms with E-state index in [-0.39, 0.29) is 11.1 Å². The van der Waals surface area contributed by atoms with E-state index >= 15 is 0 Å². The molecule has 0 aliphatic heterocycles. The first-order valence-electron chi connectivity index (χ1n) is 6.66. The van der Waals surface area contributed by atoms with Gasteiger partial charge in [0, 0.05) is 0 Å². The van der Waals surface area contributed by atoms with Gasteiger partial charge in [0.15, 0.2) is 0 Å². The summed E-state index contributed by atoms with van der Waals surface area (Å²) in [5.74, 6) is -5.72. The van der Waals surface area contributed by atoms with Crippen LogP contribution in [0.4, 0.5) is 26.3 Å². The molecule has 1 N–H and O–H groups in total. The lowest BCUT2D eigenvalue weighted by Crippen LogP contribution is -2.36. The molecule has 23 heavy (non-hydrogen) atoms.